The minimum atomic E-state index is 0.733. The van der Waals surface area contributed by atoms with Crippen molar-refractivity contribution in [3.8, 4) is 5.75 Å². The molecular formula is C16H19NOS. The van der Waals surface area contributed by atoms with Crippen molar-refractivity contribution >= 4 is 17.4 Å². The normalized spacial score (nSPS) is 10.5. The Bertz CT molecular complexity index is 581. The number of anilines is 1. The maximum absolute atomic E-state index is 5.76. The fourth-order valence-electron chi connectivity index (χ4n) is 1.85. The molecule has 0 saturated heterocycles. The molecule has 0 bridgehead atoms. The third-order valence-electron chi connectivity index (χ3n) is 3.18. The largest absolute Gasteiger partial charge is 0.496 e. The predicted octanol–water partition coefficient (Wildman–Crippen LogP) is 4.19. The average Bonchev–Trinajstić information content (AvgIpc) is 2.41. The minimum Gasteiger partial charge on any atom is -0.496 e. The van der Waals surface area contributed by atoms with Crippen LogP contribution >= 0.6 is 11.8 Å². The third kappa shape index (κ3) is 3.44. The Hall–Kier alpha value is -1.61. The van der Waals surface area contributed by atoms with E-state index in [4.69, 9.17) is 10.5 Å². The van der Waals surface area contributed by atoms with Crippen molar-refractivity contribution in [1.29, 1.82) is 0 Å². The summed E-state index contributed by atoms with van der Waals surface area (Å²) in [5.74, 6) is 1.74. The second-order valence-electron chi connectivity index (χ2n) is 4.61. The molecule has 0 radical (unpaired) electrons. The average molecular weight is 273 g/mol. The molecule has 2 aromatic carbocycles. The fourth-order valence-corrected chi connectivity index (χ4v) is 2.83. The summed E-state index contributed by atoms with van der Waals surface area (Å²) >= 11 is 1.81. The highest BCUT2D eigenvalue weighted by Gasteiger charge is 2.05. The standard InChI is InChI=1S/C16H19NOS/c1-11-4-7-15(8-12(11)2)19-10-13-5-6-14(17)9-16(13)18-3/h4-9H,10,17H2,1-3H3. The summed E-state index contributed by atoms with van der Waals surface area (Å²) in [6, 6.07) is 12.4. The molecule has 0 aliphatic rings. The van der Waals surface area contributed by atoms with Gasteiger partial charge in [-0.15, -0.1) is 11.8 Å². The van der Waals surface area contributed by atoms with Crippen LogP contribution in [-0.4, -0.2) is 7.11 Å². The minimum absolute atomic E-state index is 0.733. The van der Waals surface area contributed by atoms with Crippen LogP contribution in [0.4, 0.5) is 5.69 Å². The summed E-state index contributed by atoms with van der Waals surface area (Å²) in [6.07, 6.45) is 0. The maximum atomic E-state index is 5.76. The van der Waals surface area contributed by atoms with Gasteiger partial charge in [0.2, 0.25) is 0 Å². The second kappa shape index (κ2) is 6.02. The first-order chi connectivity index (χ1) is 9.10. The monoisotopic (exact) mass is 273 g/mol. The number of hydrogen-bond donors (Lipinski definition) is 1. The molecule has 0 unspecified atom stereocenters. The number of rotatable bonds is 4. The maximum Gasteiger partial charge on any atom is 0.124 e. The van der Waals surface area contributed by atoms with E-state index in [1.807, 2.05) is 30.0 Å². The number of nitrogen functional groups attached to an aromatic ring is 1. The highest BCUT2D eigenvalue weighted by molar-refractivity contribution is 7.98. The molecule has 0 saturated carbocycles. The van der Waals surface area contributed by atoms with E-state index in [9.17, 15) is 0 Å². The number of methoxy groups -OCH3 is 1. The summed E-state index contributed by atoms with van der Waals surface area (Å²) in [4.78, 5) is 1.28. The van der Waals surface area contributed by atoms with Gasteiger partial charge in [0.1, 0.15) is 5.75 Å². The summed E-state index contributed by atoms with van der Waals surface area (Å²) in [5.41, 5.74) is 10.3. The van der Waals surface area contributed by atoms with E-state index < -0.39 is 0 Å². The van der Waals surface area contributed by atoms with Gasteiger partial charge in [-0.2, -0.15) is 0 Å². The van der Waals surface area contributed by atoms with Gasteiger partial charge in [0.15, 0.2) is 0 Å². The first-order valence-electron chi connectivity index (χ1n) is 6.22. The van der Waals surface area contributed by atoms with Crippen LogP contribution in [0.25, 0.3) is 0 Å². The van der Waals surface area contributed by atoms with Crippen LogP contribution in [0.15, 0.2) is 41.3 Å². The van der Waals surface area contributed by atoms with Crippen LogP contribution in [0.2, 0.25) is 0 Å². The lowest BCUT2D eigenvalue weighted by atomic mass is 10.1. The Morgan fingerprint density at radius 1 is 1.05 bits per heavy atom. The SMILES string of the molecule is COc1cc(N)ccc1CSc1ccc(C)c(C)c1. The van der Waals surface area contributed by atoms with E-state index in [1.165, 1.54) is 21.6 Å². The smallest absolute Gasteiger partial charge is 0.124 e. The van der Waals surface area contributed by atoms with Crippen molar-refractivity contribution in [2.75, 3.05) is 12.8 Å². The molecule has 0 aromatic heterocycles. The van der Waals surface area contributed by atoms with Crippen molar-refractivity contribution in [2.24, 2.45) is 0 Å². The Balaban J connectivity index is 2.12. The molecule has 19 heavy (non-hydrogen) atoms. The molecular weight excluding hydrogens is 254 g/mol. The van der Waals surface area contributed by atoms with E-state index in [-0.39, 0.29) is 0 Å². The van der Waals surface area contributed by atoms with Gasteiger partial charge in [-0.1, -0.05) is 12.1 Å². The topological polar surface area (TPSA) is 35.2 Å². The summed E-state index contributed by atoms with van der Waals surface area (Å²) in [6.45, 7) is 4.27. The number of nitrogens with two attached hydrogens (primary N) is 1. The first kappa shape index (κ1) is 13.8. The van der Waals surface area contributed by atoms with Gasteiger partial charge >= 0.3 is 0 Å². The third-order valence-corrected chi connectivity index (χ3v) is 4.23. The van der Waals surface area contributed by atoms with Gasteiger partial charge in [-0.25, -0.2) is 0 Å². The number of hydrogen-bond acceptors (Lipinski definition) is 3. The van der Waals surface area contributed by atoms with Gasteiger partial charge in [-0.05, 0) is 43.2 Å². The van der Waals surface area contributed by atoms with E-state index in [1.54, 1.807) is 7.11 Å². The summed E-state index contributed by atoms with van der Waals surface area (Å²) < 4.78 is 5.36. The van der Waals surface area contributed by atoms with Crippen molar-refractivity contribution in [3.05, 3.63) is 53.1 Å². The first-order valence-corrected chi connectivity index (χ1v) is 7.21. The zero-order valence-electron chi connectivity index (χ0n) is 11.6. The quantitative estimate of drug-likeness (QED) is 0.670. The van der Waals surface area contributed by atoms with E-state index in [2.05, 4.69) is 32.0 Å². The van der Waals surface area contributed by atoms with Crippen molar-refractivity contribution in [3.63, 3.8) is 0 Å². The molecule has 0 spiro atoms. The number of thioether (sulfide) groups is 1. The molecule has 2 aromatic rings. The van der Waals surface area contributed by atoms with Crippen LogP contribution in [0.3, 0.4) is 0 Å². The van der Waals surface area contributed by atoms with E-state index in [0.29, 0.717) is 0 Å². The van der Waals surface area contributed by atoms with Crippen molar-refractivity contribution in [2.45, 2.75) is 24.5 Å². The Morgan fingerprint density at radius 2 is 1.84 bits per heavy atom. The van der Waals surface area contributed by atoms with Crippen LogP contribution in [0.1, 0.15) is 16.7 Å². The zero-order chi connectivity index (χ0) is 13.8. The number of benzene rings is 2. The highest BCUT2D eigenvalue weighted by atomic mass is 32.2. The van der Waals surface area contributed by atoms with Gasteiger partial charge in [0.25, 0.3) is 0 Å². The predicted molar refractivity (Wildman–Crippen MR) is 82.9 cm³/mol. The lowest BCUT2D eigenvalue weighted by Crippen LogP contribution is -1.93. The summed E-state index contributed by atoms with van der Waals surface area (Å²) in [7, 11) is 1.68. The lowest BCUT2D eigenvalue weighted by Gasteiger charge is -2.10. The van der Waals surface area contributed by atoms with Crippen molar-refractivity contribution in [1.82, 2.24) is 0 Å². The molecule has 0 fully saturated rings. The van der Waals surface area contributed by atoms with Crippen molar-refractivity contribution < 1.29 is 4.74 Å². The Labute approximate surface area is 119 Å². The molecule has 2 N–H and O–H groups in total. The van der Waals surface area contributed by atoms with Crippen LogP contribution < -0.4 is 10.5 Å². The summed E-state index contributed by atoms with van der Waals surface area (Å²) in [5, 5.41) is 0. The molecule has 2 rings (SSSR count). The highest BCUT2D eigenvalue weighted by Crippen LogP contribution is 2.30. The van der Waals surface area contributed by atoms with E-state index >= 15 is 0 Å². The Kier molecular flexibility index (Phi) is 4.38. The molecule has 0 aliphatic carbocycles. The zero-order valence-corrected chi connectivity index (χ0v) is 12.4. The van der Waals surface area contributed by atoms with Gasteiger partial charge in [0.05, 0.1) is 7.11 Å². The number of aryl methyl sites for hydroxylation is 2. The molecule has 0 aliphatic heterocycles. The number of ether oxygens (including phenoxy) is 1. The van der Waals surface area contributed by atoms with Gasteiger partial charge in [0, 0.05) is 28.0 Å². The van der Waals surface area contributed by atoms with Gasteiger partial charge in [-0.3, -0.25) is 0 Å². The van der Waals surface area contributed by atoms with Crippen LogP contribution in [0.5, 0.6) is 5.75 Å². The molecule has 100 valence electrons. The fraction of sp³-hybridized carbons (Fsp3) is 0.250. The van der Waals surface area contributed by atoms with Gasteiger partial charge < -0.3 is 10.5 Å². The molecule has 0 heterocycles. The lowest BCUT2D eigenvalue weighted by molar-refractivity contribution is 0.411. The van der Waals surface area contributed by atoms with Crippen LogP contribution in [-0.2, 0) is 5.75 Å². The van der Waals surface area contributed by atoms with Crippen LogP contribution in [0, 0.1) is 13.8 Å². The van der Waals surface area contributed by atoms with E-state index in [0.717, 1.165) is 17.2 Å². The molecule has 3 heteroatoms. The Morgan fingerprint density at radius 3 is 2.53 bits per heavy atom. The molecule has 2 nitrogen and oxygen atoms in total. The molecule has 0 atom stereocenters. The second-order valence-corrected chi connectivity index (χ2v) is 5.65. The molecule has 0 amide bonds.